The lowest BCUT2D eigenvalue weighted by Gasteiger charge is -2.16. The first-order valence-corrected chi connectivity index (χ1v) is 8.47. The van der Waals surface area contributed by atoms with Crippen LogP contribution in [0, 0.1) is 6.92 Å². The monoisotopic (exact) mass is 335 g/mol. The average molecular weight is 336 g/mol. The van der Waals surface area contributed by atoms with Crippen molar-refractivity contribution in [3.8, 4) is 5.75 Å². The van der Waals surface area contributed by atoms with E-state index in [1.165, 1.54) is 0 Å². The first-order valence-electron chi connectivity index (χ1n) is 6.87. The number of anilines is 1. The van der Waals surface area contributed by atoms with Crippen LogP contribution in [0.4, 0.5) is 5.69 Å². The highest BCUT2D eigenvalue weighted by molar-refractivity contribution is 7.98. The van der Waals surface area contributed by atoms with E-state index >= 15 is 0 Å². The van der Waals surface area contributed by atoms with E-state index in [2.05, 4.69) is 5.32 Å². The molecular formula is C17H18ClNO2S. The number of hydrogen-bond acceptors (Lipinski definition) is 3. The van der Waals surface area contributed by atoms with Crippen LogP contribution in [0.1, 0.15) is 12.5 Å². The molecule has 2 aromatic carbocycles. The van der Waals surface area contributed by atoms with Crippen LogP contribution in [0.3, 0.4) is 0 Å². The zero-order chi connectivity index (χ0) is 16.1. The number of ether oxygens (including phenoxy) is 1. The summed E-state index contributed by atoms with van der Waals surface area (Å²) >= 11 is 7.54. The van der Waals surface area contributed by atoms with Gasteiger partial charge in [-0.25, -0.2) is 0 Å². The van der Waals surface area contributed by atoms with Crippen molar-refractivity contribution in [3.63, 3.8) is 0 Å². The lowest BCUT2D eigenvalue weighted by Crippen LogP contribution is -2.30. The van der Waals surface area contributed by atoms with Crippen molar-refractivity contribution < 1.29 is 9.53 Å². The Morgan fingerprint density at radius 1 is 1.27 bits per heavy atom. The Morgan fingerprint density at radius 3 is 2.73 bits per heavy atom. The molecule has 0 spiro atoms. The molecule has 0 saturated carbocycles. The minimum Gasteiger partial charge on any atom is -0.481 e. The molecule has 0 heterocycles. The van der Waals surface area contributed by atoms with E-state index in [0.29, 0.717) is 10.8 Å². The van der Waals surface area contributed by atoms with Crippen molar-refractivity contribution in [1.82, 2.24) is 0 Å². The topological polar surface area (TPSA) is 38.3 Å². The van der Waals surface area contributed by atoms with Crippen LogP contribution in [-0.2, 0) is 4.79 Å². The Hall–Kier alpha value is -1.65. The van der Waals surface area contributed by atoms with Crippen LogP contribution in [0.2, 0.25) is 5.02 Å². The number of benzene rings is 2. The molecule has 0 aliphatic carbocycles. The van der Waals surface area contributed by atoms with Crippen molar-refractivity contribution in [1.29, 1.82) is 0 Å². The Balaban J connectivity index is 2.02. The lowest BCUT2D eigenvalue weighted by atomic mass is 10.2. The van der Waals surface area contributed by atoms with Crippen LogP contribution in [0.15, 0.2) is 47.4 Å². The van der Waals surface area contributed by atoms with E-state index in [1.54, 1.807) is 30.8 Å². The first-order chi connectivity index (χ1) is 10.5. The highest BCUT2D eigenvalue weighted by atomic mass is 35.5. The summed E-state index contributed by atoms with van der Waals surface area (Å²) in [6.45, 7) is 3.62. The van der Waals surface area contributed by atoms with Gasteiger partial charge >= 0.3 is 0 Å². The third kappa shape index (κ3) is 4.42. The molecule has 0 aliphatic rings. The number of hydrogen-bond donors (Lipinski definition) is 1. The predicted molar refractivity (Wildman–Crippen MR) is 93.1 cm³/mol. The fraction of sp³-hybridized carbons (Fsp3) is 0.235. The molecular weight excluding hydrogens is 318 g/mol. The number of aryl methyl sites for hydroxylation is 1. The summed E-state index contributed by atoms with van der Waals surface area (Å²) in [5, 5.41) is 3.51. The van der Waals surface area contributed by atoms with Crippen molar-refractivity contribution in [3.05, 3.63) is 53.1 Å². The summed E-state index contributed by atoms with van der Waals surface area (Å²) in [5.41, 5.74) is 1.66. The van der Waals surface area contributed by atoms with E-state index in [4.69, 9.17) is 16.3 Å². The summed E-state index contributed by atoms with van der Waals surface area (Å²) in [7, 11) is 0. The smallest absolute Gasteiger partial charge is 0.265 e. The van der Waals surface area contributed by atoms with Gasteiger partial charge in [-0.2, -0.15) is 0 Å². The molecule has 0 saturated heterocycles. The molecule has 3 nitrogen and oxygen atoms in total. The molecule has 0 unspecified atom stereocenters. The van der Waals surface area contributed by atoms with Gasteiger partial charge in [-0.3, -0.25) is 4.79 Å². The third-order valence-electron chi connectivity index (χ3n) is 3.15. The number of rotatable bonds is 5. The molecule has 2 aromatic rings. The van der Waals surface area contributed by atoms with Crippen LogP contribution in [0.5, 0.6) is 5.75 Å². The van der Waals surface area contributed by atoms with Gasteiger partial charge in [0.1, 0.15) is 5.75 Å². The molecule has 116 valence electrons. The number of thioether (sulfide) groups is 1. The molecule has 1 atom stereocenters. The van der Waals surface area contributed by atoms with Gasteiger partial charge in [0.2, 0.25) is 0 Å². The second kappa shape index (κ2) is 7.56. The number of carbonyl (C=O) groups excluding carboxylic acids is 1. The van der Waals surface area contributed by atoms with Gasteiger partial charge in [-0.05, 0) is 62.1 Å². The van der Waals surface area contributed by atoms with E-state index in [0.717, 1.165) is 16.1 Å². The van der Waals surface area contributed by atoms with Gasteiger partial charge < -0.3 is 10.1 Å². The molecule has 0 aliphatic heterocycles. The maximum atomic E-state index is 12.2. The number of halogens is 1. The molecule has 1 amide bonds. The second-order valence-electron chi connectivity index (χ2n) is 4.89. The standard InChI is InChI=1S/C17H18ClNO2S/c1-11-9-13(18)7-8-16(11)21-12(2)17(20)19-14-5-4-6-15(10-14)22-3/h4-10,12H,1-3H3,(H,19,20)/t12-/m1/s1. The number of carbonyl (C=O) groups is 1. The minimum absolute atomic E-state index is 0.187. The largest absolute Gasteiger partial charge is 0.481 e. The maximum Gasteiger partial charge on any atom is 0.265 e. The molecule has 0 radical (unpaired) electrons. The van der Waals surface area contributed by atoms with E-state index < -0.39 is 6.10 Å². The van der Waals surface area contributed by atoms with E-state index in [-0.39, 0.29) is 5.91 Å². The van der Waals surface area contributed by atoms with Gasteiger partial charge in [-0.1, -0.05) is 17.7 Å². The van der Waals surface area contributed by atoms with Gasteiger partial charge in [-0.15, -0.1) is 11.8 Å². The Morgan fingerprint density at radius 2 is 2.05 bits per heavy atom. The van der Waals surface area contributed by atoms with Gasteiger partial charge in [0, 0.05) is 15.6 Å². The molecule has 0 fully saturated rings. The zero-order valence-electron chi connectivity index (χ0n) is 12.7. The summed E-state index contributed by atoms with van der Waals surface area (Å²) in [6.07, 6.45) is 1.40. The zero-order valence-corrected chi connectivity index (χ0v) is 14.3. The quantitative estimate of drug-likeness (QED) is 0.799. The second-order valence-corrected chi connectivity index (χ2v) is 6.21. The Kier molecular flexibility index (Phi) is 5.75. The first kappa shape index (κ1) is 16.7. The summed E-state index contributed by atoms with van der Waals surface area (Å²) < 4.78 is 5.71. The fourth-order valence-electron chi connectivity index (χ4n) is 1.93. The minimum atomic E-state index is -0.599. The Labute approximate surface area is 140 Å². The lowest BCUT2D eigenvalue weighted by molar-refractivity contribution is -0.122. The summed E-state index contributed by atoms with van der Waals surface area (Å²) in [5.74, 6) is 0.470. The molecule has 0 bridgehead atoms. The molecule has 2 rings (SSSR count). The molecule has 22 heavy (non-hydrogen) atoms. The fourth-order valence-corrected chi connectivity index (χ4v) is 2.62. The van der Waals surface area contributed by atoms with Crippen LogP contribution < -0.4 is 10.1 Å². The van der Waals surface area contributed by atoms with Crippen LogP contribution in [-0.4, -0.2) is 18.3 Å². The maximum absolute atomic E-state index is 12.2. The normalized spacial score (nSPS) is 11.8. The molecule has 0 aromatic heterocycles. The number of nitrogens with one attached hydrogen (secondary N) is 1. The van der Waals surface area contributed by atoms with Gasteiger partial charge in [0.25, 0.3) is 5.91 Å². The van der Waals surface area contributed by atoms with Crippen molar-refractivity contribution in [2.75, 3.05) is 11.6 Å². The highest BCUT2D eigenvalue weighted by Gasteiger charge is 2.16. The van der Waals surface area contributed by atoms with Crippen LogP contribution >= 0.6 is 23.4 Å². The van der Waals surface area contributed by atoms with Gasteiger partial charge in [0.05, 0.1) is 0 Å². The average Bonchev–Trinajstić information content (AvgIpc) is 2.50. The van der Waals surface area contributed by atoms with E-state index in [9.17, 15) is 4.79 Å². The SMILES string of the molecule is CSc1cccc(NC(=O)[C@@H](C)Oc2ccc(Cl)cc2C)c1. The highest BCUT2D eigenvalue weighted by Crippen LogP contribution is 2.23. The van der Waals surface area contributed by atoms with Crippen molar-refractivity contribution in [2.45, 2.75) is 24.8 Å². The van der Waals surface area contributed by atoms with E-state index in [1.807, 2.05) is 43.5 Å². The third-order valence-corrected chi connectivity index (χ3v) is 4.11. The number of amides is 1. The summed E-state index contributed by atoms with van der Waals surface area (Å²) in [4.78, 5) is 13.3. The van der Waals surface area contributed by atoms with Crippen LogP contribution in [0.25, 0.3) is 0 Å². The van der Waals surface area contributed by atoms with Crippen molar-refractivity contribution in [2.24, 2.45) is 0 Å². The predicted octanol–water partition coefficient (Wildman–Crippen LogP) is 4.78. The Bertz CT molecular complexity index is 675. The summed E-state index contributed by atoms with van der Waals surface area (Å²) in [6, 6.07) is 13.0. The van der Waals surface area contributed by atoms with Crippen molar-refractivity contribution >= 4 is 35.0 Å². The van der Waals surface area contributed by atoms with Gasteiger partial charge in [0.15, 0.2) is 6.10 Å². The molecule has 5 heteroatoms. The molecule has 1 N–H and O–H groups in total.